The summed E-state index contributed by atoms with van der Waals surface area (Å²) in [6.07, 6.45) is 0. The molecule has 26 heavy (non-hydrogen) atoms. The highest BCUT2D eigenvalue weighted by Crippen LogP contribution is 2.24. The molecule has 0 aromatic heterocycles. The van der Waals surface area contributed by atoms with Crippen molar-refractivity contribution < 1.29 is 8.42 Å². The Bertz CT molecular complexity index is 970. The van der Waals surface area contributed by atoms with Crippen molar-refractivity contribution in [3.8, 4) is 0 Å². The van der Waals surface area contributed by atoms with Gasteiger partial charge < -0.3 is 0 Å². The quantitative estimate of drug-likeness (QED) is 0.658. The summed E-state index contributed by atoms with van der Waals surface area (Å²) < 4.78 is 28.4. The number of aryl methyl sites for hydroxylation is 1. The minimum absolute atomic E-state index is 0.122. The van der Waals surface area contributed by atoms with E-state index in [1.807, 2.05) is 61.5 Å². The van der Waals surface area contributed by atoms with Crippen LogP contribution in [0, 0.1) is 6.92 Å². The number of hydrogen-bond donors (Lipinski definition) is 1. The van der Waals surface area contributed by atoms with E-state index < -0.39 is 16.1 Å². The van der Waals surface area contributed by atoms with E-state index in [-0.39, 0.29) is 5.75 Å². The van der Waals surface area contributed by atoms with Crippen molar-refractivity contribution in [3.63, 3.8) is 0 Å². The van der Waals surface area contributed by atoms with Crippen molar-refractivity contribution in [2.75, 3.05) is 0 Å². The van der Waals surface area contributed by atoms with Crippen LogP contribution in [0.25, 0.3) is 0 Å². The number of nitrogens with one attached hydrogen (secondary N) is 1. The Hall–Kier alpha value is -2.14. The third-order valence-electron chi connectivity index (χ3n) is 4.09. The predicted molar refractivity (Wildman–Crippen MR) is 107 cm³/mol. The Kier molecular flexibility index (Phi) is 5.77. The zero-order chi connectivity index (χ0) is 18.6. The minimum Gasteiger partial charge on any atom is -0.212 e. The molecule has 0 saturated heterocycles. The molecule has 0 aliphatic heterocycles. The number of rotatable bonds is 6. The average Bonchev–Trinajstić information content (AvgIpc) is 2.61. The molecule has 0 bridgehead atoms. The van der Waals surface area contributed by atoms with Crippen LogP contribution in [-0.2, 0) is 15.8 Å². The summed E-state index contributed by atoms with van der Waals surface area (Å²) in [5.41, 5.74) is 3.57. The van der Waals surface area contributed by atoms with Crippen LogP contribution in [0.5, 0.6) is 0 Å². The van der Waals surface area contributed by atoms with E-state index in [0.29, 0.717) is 10.6 Å². The number of sulfonamides is 1. The Morgan fingerprint density at radius 3 is 2.19 bits per heavy atom. The van der Waals surface area contributed by atoms with E-state index in [2.05, 4.69) is 4.72 Å². The van der Waals surface area contributed by atoms with Gasteiger partial charge in [0.05, 0.1) is 11.8 Å². The Labute approximate surface area is 159 Å². The fourth-order valence-corrected chi connectivity index (χ4v) is 4.35. The molecule has 0 spiro atoms. The van der Waals surface area contributed by atoms with Gasteiger partial charge in [-0.1, -0.05) is 83.9 Å². The molecule has 3 aromatic rings. The van der Waals surface area contributed by atoms with E-state index in [4.69, 9.17) is 11.6 Å². The lowest BCUT2D eigenvalue weighted by Crippen LogP contribution is -2.30. The van der Waals surface area contributed by atoms with E-state index in [9.17, 15) is 8.42 Å². The Morgan fingerprint density at radius 1 is 0.885 bits per heavy atom. The second-order valence-electron chi connectivity index (χ2n) is 6.26. The van der Waals surface area contributed by atoms with Crippen LogP contribution < -0.4 is 4.72 Å². The first kappa shape index (κ1) is 18.6. The molecule has 0 saturated carbocycles. The SMILES string of the molecule is Cc1ccc(C(NS(=O)(=O)Cc2cccc(Cl)c2)c2ccccc2)cc1. The van der Waals surface area contributed by atoms with Crippen molar-refractivity contribution in [3.05, 3.63) is 106 Å². The van der Waals surface area contributed by atoms with Gasteiger partial charge in [0.15, 0.2) is 0 Å². The topological polar surface area (TPSA) is 46.2 Å². The van der Waals surface area contributed by atoms with Gasteiger partial charge in [-0.05, 0) is 35.7 Å². The van der Waals surface area contributed by atoms with Gasteiger partial charge in [-0.15, -0.1) is 0 Å². The minimum atomic E-state index is -3.57. The maximum atomic E-state index is 12.8. The molecule has 0 amide bonds. The second kappa shape index (κ2) is 8.04. The fourth-order valence-electron chi connectivity index (χ4n) is 2.80. The molecule has 0 aliphatic carbocycles. The van der Waals surface area contributed by atoms with Crippen molar-refractivity contribution in [1.29, 1.82) is 0 Å². The predicted octanol–water partition coefficient (Wildman–Crippen LogP) is 4.86. The van der Waals surface area contributed by atoms with Gasteiger partial charge in [0.25, 0.3) is 0 Å². The van der Waals surface area contributed by atoms with E-state index in [0.717, 1.165) is 16.7 Å². The summed E-state index contributed by atoms with van der Waals surface area (Å²) >= 11 is 5.97. The fraction of sp³-hybridized carbons (Fsp3) is 0.143. The third kappa shape index (κ3) is 4.94. The van der Waals surface area contributed by atoms with Crippen LogP contribution in [0.1, 0.15) is 28.3 Å². The summed E-state index contributed by atoms with van der Waals surface area (Å²) in [4.78, 5) is 0. The standard InChI is InChI=1S/C21H20ClNO2S/c1-16-10-12-19(13-11-16)21(18-7-3-2-4-8-18)23-26(24,25)15-17-6-5-9-20(22)14-17/h2-14,21,23H,15H2,1H3. The molecular formula is C21H20ClNO2S. The van der Waals surface area contributed by atoms with Crippen LogP contribution >= 0.6 is 11.6 Å². The number of halogens is 1. The first-order chi connectivity index (χ1) is 12.4. The van der Waals surface area contributed by atoms with Gasteiger partial charge in [-0.2, -0.15) is 0 Å². The molecule has 5 heteroatoms. The summed E-state index contributed by atoms with van der Waals surface area (Å²) in [6, 6.07) is 23.9. The normalized spacial score (nSPS) is 12.7. The number of benzene rings is 3. The van der Waals surface area contributed by atoms with Gasteiger partial charge in [0.2, 0.25) is 10.0 Å². The molecule has 1 N–H and O–H groups in total. The van der Waals surface area contributed by atoms with Gasteiger partial charge in [-0.25, -0.2) is 13.1 Å². The first-order valence-corrected chi connectivity index (χ1v) is 10.3. The lowest BCUT2D eigenvalue weighted by molar-refractivity contribution is 0.571. The van der Waals surface area contributed by atoms with Gasteiger partial charge in [0, 0.05) is 5.02 Å². The molecule has 0 aliphatic rings. The smallest absolute Gasteiger partial charge is 0.212 e. The Balaban J connectivity index is 1.91. The molecule has 134 valence electrons. The highest BCUT2D eigenvalue weighted by molar-refractivity contribution is 7.88. The lowest BCUT2D eigenvalue weighted by atomic mass is 9.99. The zero-order valence-electron chi connectivity index (χ0n) is 14.4. The van der Waals surface area contributed by atoms with Crippen molar-refractivity contribution >= 4 is 21.6 Å². The number of hydrogen-bond acceptors (Lipinski definition) is 2. The van der Waals surface area contributed by atoms with E-state index >= 15 is 0 Å². The van der Waals surface area contributed by atoms with Crippen LogP contribution in [0.4, 0.5) is 0 Å². The average molecular weight is 386 g/mol. The van der Waals surface area contributed by atoms with Gasteiger partial charge in [0.1, 0.15) is 0 Å². The maximum Gasteiger partial charge on any atom is 0.216 e. The molecule has 0 heterocycles. The summed E-state index contributed by atoms with van der Waals surface area (Å²) in [5, 5.41) is 0.524. The molecule has 0 radical (unpaired) electrons. The molecular weight excluding hydrogens is 366 g/mol. The highest BCUT2D eigenvalue weighted by Gasteiger charge is 2.21. The van der Waals surface area contributed by atoms with Crippen molar-refractivity contribution in [2.45, 2.75) is 18.7 Å². The molecule has 1 unspecified atom stereocenters. The Morgan fingerprint density at radius 2 is 1.54 bits per heavy atom. The molecule has 0 fully saturated rings. The molecule has 1 atom stereocenters. The summed E-state index contributed by atoms with van der Waals surface area (Å²) in [7, 11) is -3.57. The van der Waals surface area contributed by atoms with Crippen molar-refractivity contribution in [2.24, 2.45) is 0 Å². The maximum absolute atomic E-state index is 12.8. The van der Waals surface area contributed by atoms with E-state index in [1.165, 1.54) is 0 Å². The van der Waals surface area contributed by atoms with Crippen LogP contribution in [-0.4, -0.2) is 8.42 Å². The van der Waals surface area contributed by atoms with Gasteiger partial charge in [-0.3, -0.25) is 0 Å². The molecule has 3 aromatic carbocycles. The van der Waals surface area contributed by atoms with Crippen LogP contribution in [0.15, 0.2) is 78.9 Å². The molecule has 3 rings (SSSR count). The molecule has 3 nitrogen and oxygen atoms in total. The summed E-state index contributed by atoms with van der Waals surface area (Å²) in [6.45, 7) is 2.00. The zero-order valence-corrected chi connectivity index (χ0v) is 16.0. The second-order valence-corrected chi connectivity index (χ2v) is 8.45. The van der Waals surface area contributed by atoms with Gasteiger partial charge >= 0.3 is 0 Å². The van der Waals surface area contributed by atoms with Crippen molar-refractivity contribution in [1.82, 2.24) is 4.72 Å². The largest absolute Gasteiger partial charge is 0.216 e. The highest BCUT2D eigenvalue weighted by atomic mass is 35.5. The third-order valence-corrected chi connectivity index (χ3v) is 5.63. The summed E-state index contributed by atoms with van der Waals surface area (Å²) in [5.74, 6) is -0.122. The monoisotopic (exact) mass is 385 g/mol. The van der Waals surface area contributed by atoms with E-state index in [1.54, 1.807) is 24.3 Å². The first-order valence-electron chi connectivity index (χ1n) is 8.29. The van der Waals surface area contributed by atoms with Crippen LogP contribution in [0.2, 0.25) is 5.02 Å². The van der Waals surface area contributed by atoms with Crippen LogP contribution in [0.3, 0.4) is 0 Å². The lowest BCUT2D eigenvalue weighted by Gasteiger charge is -2.20.